The third-order valence-electron chi connectivity index (χ3n) is 2.60. The van der Waals surface area contributed by atoms with Crippen molar-refractivity contribution in [2.45, 2.75) is 13.8 Å². The Labute approximate surface area is 97.8 Å². The summed E-state index contributed by atoms with van der Waals surface area (Å²) in [5, 5.41) is 9.14. The van der Waals surface area contributed by atoms with E-state index in [1.165, 1.54) is 24.3 Å². The highest BCUT2D eigenvalue weighted by molar-refractivity contribution is 5.41. The van der Waals surface area contributed by atoms with Gasteiger partial charge in [-0.2, -0.15) is 0 Å². The summed E-state index contributed by atoms with van der Waals surface area (Å²) >= 11 is 0. The number of aromatic hydroxyl groups is 1. The summed E-state index contributed by atoms with van der Waals surface area (Å²) in [5.41, 5.74) is 1.95. The molecule has 2 rings (SSSR count). The number of pyridine rings is 1. The van der Waals surface area contributed by atoms with Crippen LogP contribution in [0.25, 0.3) is 5.69 Å². The third-order valence-corrected chi connectivity index (χ3v) is 2.60. The molecule has 0 bridgehead atoms. The molecular weight excluding hydrogens is 221 g/mol. The van der Waals surface area contributed by atoms with E-state index in [1.807, 2.05) is 0 Å². The van der Waals surface area contributed by atoms with Crippen molar-refractivity contribution < 1.29 is 9.50 Å². The Morgan fingerprint density at radius 1 is 1.12 bits per heavy atom. The van der Waals surface area contributed by atoms with E-state index in [-0.39, 0.29) is 11.2 Å². The standard InChI is InChI=1S/C13H12FNO2/c1-8-5-11(16)6-9(2)15(8)10-3-4-13(17)12(14)7-10/h3-7,17H,1-2H3. The normalized spacial score (nSPS) is 10.5. The Bertz CT molecular complexity index is 606. The molecule has 0 aliphatic rings. The molecule has 0 saturated heterocycles. The first kappa shape index (κ1) is 11.4. The molecular formula is C13H12FNO2. The Hall–Kier alpha value is -2.10. The Morgan fingerprint density at radius 2 is 1.71 bits per heavy atom. The van der Waals surface area contributed by atoms with Crippen LogP contribution in [0, 0.1) is 19.7 Å². The zero-order valence-electron chi connectivity index (χ0n) is 9.57. The number of halogens is 1. The maximum Gasteiger partial charge on any atom is 0.182 e. The number of hydrogen-bond donors (Lipinski definition) is 1. The number of rotatable bonds is 1. The number of aromatic nitrogens is 1. The van der Waals surface area contributed by atoms with E-state index in [4.69, 9.17) is 5.11 Å². The molecule has 1 N–H and O–H groups in total. The molecule has 1 aromatic heterocycles. The zero-order chi connectivity index (χ0) is 12.6. The first-order valence-corrected chi connectivity index (χ1v) is 5.18. The van der Waals surface area contributed by atoms with Crippen molar-refractivity contribution in [3.63, 3.8) is 0 Å². The molecule has 4 heteroatoms. The van der Waals surface area contributed by atoms with Gasteiger partial charge in [0.2, 0.25) is 0 Å². The lowest BCUT2D eigenvalue weighted by atomic mass is 10.2. The highest BCUT2D eigenvalue weighted by Crippen LogP contribution is 2.20. The molecule has 0 fully saturated rings. The highest BCUT2D eigenvalue weighted by Gasteiger charge is 2.07. The van der Waals surface area contributed by atoms with Gasteiger partial charge in [-0.05, 0) is 26.0 Å². The summed E-state index contributed by atoms with van der Waals surface area (Å²) in [5.74, 6) is -1.06. The van der Waals surface area contributed by atoms with Crippen molar-refractivity contribution in [2.75, 3.05) is 0 Å². The van der Waals surface area contributed by atoms with Gasteiger partial charge >= 0.3 is 0 Å². The Kier molecular flexibility index (Phi) is 2.71. The predicted molar refractivity (Wildman–Crippen MR) is 63.1 cm³/mol. The molecule has 0 radical (unpaired) electrons. The first-order chi connectivity index (χ1) is 7.99. The average molecular weight is 233 g/mol. The molecule has 1 aromatic carbocycles. The number of phenols is 1. The highest BCUT2D eigenvalue weighted by atomic mass is 19.1. The SMILES string of the molecule is Cc1cc(=O)cc(C)n1-c1ccc(O)c(F)c1. The van der Waals surface area contributed by atoms with Crippen molar-refractivity contribution in [1.82, 2.24) is 4.57 Å². The van der Waals surface area contributed by atoms with Gasteiger partial charge in [-0.15, -0.1) is 0 Å². The molecule has 0 spiro atoms. The quantitative estimate of drug-likeness (QED) is 0.821. The maximum atomic E-state index is 13.3. The monoisotopic (exact) mass is 233 g/mol. The minimum Gasteiger partial charge on any atom is -0.505 e. The summed E-state index contributed by atoms with van der Waals surface area (Å²) in [7, 11) is 0. The molecule has 0 atom stereocenters. The van der Waals surface area contributed by atoms with Crippen LogP contribution in [0.4, 0.5) is 4.39 Å². The van der Waals surface area contributed by atoms with Gasteiger partial charge < -0.3 is 9.67 Å². The number of nitrogens with zero attached hydrogens (tertiary/aromatic N) is 1. The topological polar surface area (TPSA) is 42.2 Å². The van der Waals surface area contributed by atoms with Gasteiger partial charge in [0, 0.05) is 35.3 Å². The zero-order valence-corrected chi connectivity index (χ0v) is 9.57. The maximum absolute atomic E-state index is 13.3. The minimum absolute atomic E-state index is 0.0736. The van der Waals surface area contributed by atoms with Crippen LogP contribution < -0.4 is 5.43 Å². The Morgan fingerprint density at radius 3 is 2.24 bits per heavy atom. The molecule has 0 aliphatic carbocycles. The smallest absolute Gasteiger partial charge is 0.182 e. The Balaban J connectivity index is 2.68. The van der Waals surface area contributed by atoms with Crippen LogP contribution in [0.2, 0.25) is 0 Å². The lowest BCUT2D eigenvalue weighted by molar-refractivity contribution is 0.432. The van der Waals surface area contributed by atoms with Crippen molar-refractivity contribution >= 4 is 0 Å². The first-order valence-electron chi connectivity index (χ1n) is 5.18. The molecule has 0 aliphatic heterocycles. The van der Waals surface area contributed by atoms with E-state index < -0.39 is 5.82 Å². The van der Waals surface area contributed by atoms with E-state index in [2.05, 4.69) is 0 Å². The lowest BCUT2D eigenvalue weighted by Crippen LogP contribution is -2.11. The summed E-state index contributed by atoms with van der Waals surface area (Å²) in [6, 6.07) is 7.10. The van der Waals surface area contributed by atoms with Crippen molar-refractivity contribution in [3.8, 4) is 11.4 Å². The molecule has 0 saturated carbocycles. The minimum atomic E-state index is -0.681. The third kappa shape index (κ3) is 2.06. The van der Waals surface area contributed by atoms with E-state index in [9.17, 15) is 9.18 Å². The second-order valence-electron chi connectivity index (χ2n) is 3.94. The molecule has 0 unspecified atom stereocenters. The average Bonchev–Trinajstić information content (AvgIpc) is 2.21. The van der Waals surface area contributed by atoms with Crippen LogP contribution in [0.3, 0.4) is 0 Å². The van der Waals surface area contributed by atoms with Gasteiger partial charge in [-0.3, -0.25) is 4.79 Å². The predicted octanol–water partition coefficient (Wildman–Crippen LogP) is 2.30. The van der Waals surface area contributed by atoms with Crippen LogP contribution in [0.5, 0.6) is 5.75 Å². The molecule has 1 heterocycles. The summed E-state index contributed by atoms with van der Waals surface area (Å²) in [6.45, 7) is 3.55. The van der Waals surface area contributed by atoms with Gasteiger partial charge in [-0.1, -0.05) is 0 Å². The van der Waals surface area contributed by atoms with Gasteiger partial charge in [0.25, 0.3) is 0 Å². The number of aryl methyl sites for hydroxylation is 2. The van der Waals surface area contributed by atoms with Crippen LogP contribution in [0.1, 0.15) is 11.4 Å². The number of phenolic OH excluding ortho intramolecular Hbond substituents is 1. The molecule has 3 nitrogen and oxygen atoms in total. The largest absolute Gasteiger partial charge is 0.505 e. The van der Waals surface area contributed by atoms with E-state index in [0.717, 1.165) is 11.4 Å². The van der Waals surface area contributed by atoms with Crippen LogP contribution >= 0.6 is 0 Å². The van der Waals surface area contributed by atoms with Gasteiger partial charge in [0.15, 0.2) is 17.0 Å². The van der Waals surface area contributed by atoms with E-state index in [1.54, 1.807) is 24.5 Å². The van der Waals surface area contributed by atoms with Crippen LogP contribution in [0.15, 0.2) is 35.1 Å². The van der Waals surface area contributed by atoms with E-state index in [0.29, 0.717) is 5.69 Å². The fourth-order valence-electron chi connectivity index (χ4n) is 1.90. The van der Waals surface area contributed by atoms with Crippen LogP contribution in [-0.4, -0.2) is 9.67 Å². The van der Waals surface area contributed by atoms with Crippen molar-refractivity contribution in [2.24, 2.45) is 0 Å². The molecule has 0 amide bonds. The molecule has 88 valence electrons. The molecule has 17 heavy (non-hydrogen) atoms. The second-order valence-corrected chi connectivity index (χ2v) is 3.94. The lowest BCUT2D eigenvalue weighted by Gasteiger charge is -2.14. The van der Waals surface area contributed by atoms with E-state index >= 15 is 0 Å². The number of hydrogen-bond acceptors (Lipinski definition) is 2. The van der Waals surface area contributed by atoms with Gasteiger partial charge in [-0.25, -0.2) is 4.39 Å². The summed E-state index contributed by atoms with van der Waals surface area (Å²) in [6.07, 6.45) is 0. The summed E-state index contributed by atoms with van der Waals surface area (Å²) in [4.78, 5) is 11.3. The van der Waals surface area contributed by atoms with Gasteiger partial charge in [0.1, 0.15) is 0 Å². The fraction of sp³-hybridized carbons (Fsp3) is 0.154. The second kappa shape index (κ2) is 4.05. The fourth-order valence-corrected chi connectivity index (χ4v) is 1.90. The van der Waals surface area contributed by atoms with Crippen LogP contribution in [-0.2, 0) is 0 Å². The van der Waals surface area contributed by atoms with Gasteiger partial charge in [0.05, 0.1) is 0 Å². The molecule has 2 aromatic rings. The van der Waals surface area contributed by atoms with Crippen molar-refractivity contribution in [1.29, 1.82) is 0 Å². The van der Waals surface area contributed by atoms with Crippen molar-refractivity contribution in [3.05, 3.63) is 57.8 Å². The summed E-state index contributed by atoms with van der Waals surface area (Å²) < 4.78 is 15.0. The number of benzene rings is 1.